The Morgan fingerprint density at radius 1 is 1.80 bits per heavy atom. The highest BCUT2D eigenvalue weighted by atomic mass is 79.9. The molecule has 1 unspecified atom stereocenters. The summed E-state index contributed by atoms with van der Waals surface area (Å²) in [5.41, 5.74) is 0.682. The number of nitrogens with zero attached hydrogens (tertiary/aromatic N) is 2. The summed E-state index contributed by atoms with van der Waals surface area (Å²) in [6.07, 6.45) is 3.38. The first-order valence-corrected chi connectivity index (χ1v) is 5.89. The lowest BCUT2D eigenvalue weighted by Crippen LogP contribution is -2.15. The molecule has 1 aromatic rings. The molecule has 0 saturated carbocycles. The lowest BCUT2D eigenvalue weighted by Gasteiger charge is -2.07. The van der Waals surface area contributed by atoms with Crippen LogP contribution in [-0.4, -0.2) is 28.7 Å². The summed E-state index contributed by atoms with van der Waals surface area (Å²) < 4.78 is 2.43. The molecule has 1 aliphatic heterocycles. The number of carbonyl (C=O) groups is 1. The number of carbonyl (C=O) groups excluding carboxylic acids is 1. The number of hydrogen-bond acceptors (Lipinski definition) is 3. The van der Waals surface area contributed by atoms with Gasteiger partial charge in [-0.1, -0.05) is 0 Å². The van der Waals surface area contributed by atoms with Crippen LogP contribution >= 0.6 is 15.9 Å². The fourth-order valence-corrected chi connectivity index (χ4v) is 2.54. The number of nitrogens with one attached hydrogen (secondary N) is 1. The molecule has 1 N–H and O–H groups in total. The Morgan fingerprint density at radius 2 is 2.60 bits per heavy atom. The van der Waals surface area contributed by atoms with Crippen molar-refractivity contribution >= 4 is 21.7 Å². The molecular weight excluding hydrogens is 258 g/mol. The minimum Gasteiger partial charge on any atom is -0.316 e. The molecule has 1 aromatic heterocycles. The predicted octanol–water partition coefficient (Wildman–Crippen LogP) is 1.36. The van der Waals surface area contributed by atoms with Gasteiger partial charge in [0.2, 0.25) is 0 Å². The number of aryl methyl sites for hydroxylation is 1. The van der Waals surface area contributed by atoms with Crippen LogP contribution in [0.15, 0.2) is 10.7 Å². The number of hydrogen-bond donors (Lipinski definition) is 1. The highest BCUT2D eigenvalue weighted by molar-refractivity contribution is 9.10. The van der Waals surface area contributed by atoms with E-state index in [1.807, 2.05) is 0 Å². The normalized spacial score (nSPS) is 20.8. The van der Waals surface area contributed by atoms with Crippen molar-refractivity contribution in [1.82, 2.24) is 15.1 Å². The molecule has 1 aliphatic rings. The smallest absolute Gasteiger partial charge is 0.182 e. The van der Waals surface area contributed by atoms with E-state index >= 15 is 0 Å². The molecule has 2 heterocycles. The zero-order valence-corrected chi connectivity index (χ0v) is 10.2. The monoisotopic (exact) mass is 271 g/mol. The van der Waals surface area contributed by atoms with Gasteiger partial charge in [0.05, 0.1) is 10.7 Å². The summed E-state index contributed by atoms with van der Waals surface area (Å²) in [4.78, 5) is 12.0. The molecular formula is C10H14BrN3O. The van der Waals surface area contributed by atoms with Gasteiger partial charge in [-0.2, -0.15) is 5.10 Å². The quantitative estimate of drug-likeness (QED) is 0.845. The molecule has 82 valence electrons. The number of aromatic nitrogens is 2. The molecule has 0 aliphatic carbocycles. The zero-order chi connectivity index (χ0) is 10.8. The molecule has 1 fully saturated rings. The first-order valence-electron chi connectivity index (χ1n) is 5.10. The summed E-state index contributed by atoms with van der Waals surface area (Å²) in [6, 6.07) is 0. The topological polar surface area (TPSA) is 46.9 Å². The fraction of sp³-hybridized carbons (Fsp3) is 0.600. The Kier molecular flexibility index (Phi) is 3.21. The average Bonchev–Trinajstić information content (AvgIpc) is 2.77. The number of halogens is 1. The molecule has 0 radical (unpaired) electrons. The van der Waals surface area contributed by atoms with Gasteiger partial charge in [0, 0.05) is 13.5 Å². The molecule has 0 spiro atoms. The SMILES string of the molecule is Cn1ncc(Br)c1C(=O)CC1CCNC1. The highest BCUT2D eigenvalue weighted by Gasteiger charge is 2.22. The molecule has 0 aromatic carbocycles. The first kappa shape index (κ1) is 10.8. The molecule has 2 rings (SSSR count). The maximum atomic E-state index is 12.0. The van der Waals surface area contributed by atoms with Crippen molar-refractivity contribution in [3.05, 3.63) is 16.4 Å². The number of rotatable bonds is 3. The van der Waals surface area contributed by atoms with Crippen molar-refractivity contribution < 1.29 is 4.79 Å². The van der Waals surface area contributed by atoms with Gasteiger partial charge >= 0.3 is 0 Å². The summed E-state index contributed by atoms with van der Waals surface area (Å²) in [5, 5.41) is 7.31. The van der Waals surface area contributed by atoms with Crippen LogP contribution in [0.1, 0.15) is 23.3 Å². The molecule has 4 nitrogen and oxygen atoms in total. The fourth-order valence-electron chi connectivity index (χ4n) is 1.97. The van der Waals surface area contributed by atoms with Gasteiger partial charge in [0.1, 0.15) is 5.69 Å². The molecule has 1 saturated heterocycles. The largest absolute Gasteiger partial charge is 0.316 e. The summed E-state index contributed by atoms with van der Waals surface area (Å²) >= 11 is 3.35. The molecule has 1 atom stereocenters. The van der Waals surface area contributed by atoms with E-state index in [1.54, 1.807) is 17.9 Å². The molecule has 0 amide bonds. The van der Waals surface area contributed by atoms with Crippen LogP contribution < -0.4 is 5.32 Å². The van der Waals surface area contributed by atoms with Gasteiger partial charge < -0.3 is 5.32 Å². The van der Waals surface area contributed by atoms with Crippen LogP contribution in [0.25, 0.3) is 0 Å². The van der Waals surface area contributed by atoms with Crippen molar-refractivity contribution in [3.63, 3.8) is 0 Å². The Balaban J connectivity index is 2.07. The van der Waals surface area contributed by atoms with E-state index < -0.39 is 0 Å². The van der Waals surface area contributed by atoms with Crippen molar-refractivity contribution in [1.29, 1.82) is 0 Å². The van der Waals surface area contributed by atoms with Gasteiger partial charge in [0.25, 0.3) is 0 Å². The second kappa shape index (κ2) is 4.45. The first-order chi connectivity index (χ1) is 7.18. The zero-order valence-electron chi connectivity index (χ0n) is 8.66. The number of Topliss-reactive ketones (excluding diaryl/α,β-unsaturated/α-hetero) is 1. The van der Waals surface area contributed by atoms with Gasteiger partial charge in [-0.05, 0) is 41.4 Å². The molecule has 15 heavy (non-hydrogen) atoms. The van der Waals surface area contributed by atoms with Crippen LogP contribution in [0.4, 0.5) is 0 Å². The standard InChI is InChI=1S/C10H14BrN3O/c1-14-10(8(11)6-13-14)9(15)4-7-2-3-12-5-7/h6-7,12H,2-5H2,1H3. The predicted molar refractivity (Wildman–Crippen MR) is 60.8 cm³/mol. The Bertz CT molecular complexity index is 349. The van der Waals surface area contributed by atoms with Crippen molar-refractivity contribution in [2.24, 2.45) is 13.0 Å². The molecule has 0 bridgehead atoms. The van der Waals surface area contributed by atoms with Crippen LogP contribution in [0.3, 0.4) is 0 Å². The second-order valence-corrected chi connectivity index (χ2v) is 4.81. The van der Waals surface area contributed by atoms with E-state index in [-0.39, 0.29) is 5.78 Å². The number of ketones is 1. The van der Waals surface area contributed by atoms with Crippen molar-refractivity contribution in [2.75, 3.05) is 13.1 Å². The lowest BCUT2D eigenvalue weighted by molar-refractivity contribution is 0.0954. The second-order valence-electron chi connectivity index (χ2n) is 3.95. The van der Waals surface area contributed by atoms with Gasteiger partial charge in [-0.3, -0.25) is 9.48 Å². The summed E-state index contributed by atoms with van der Waals surface area (Å²) in [6.45, 7) is 1.99. The van der Waals surface area contributed by atoms with Gasteiger partial charge in [-0.25, -0.2) is 0 Å². The Hall–Kier alpha value is -0.680. The average molecular weight is 272 g/mol. The maximum Gasteiger partial charge on any atom is 0.182 e. The van der Waals surface area contributed by atoms with Gasteiger partial charge in [-0.15, -0.1) is 0 Å². The molecule has 5 heteroatoms. The van der Waals surface area contributed by atoms with Crippen molar-refractivity contribution in [3.8, 4) is 0 Å². The van der Waals surface area contributed by atoms with E-state index in [9.17, 15) is 4.79 Å². The van der Waals surface area contributed by atoms with E-state index in [1.165, 1.54) is 0 Å². The Labute approximate surface area is 97.2 Å². The lowest BCUT2D eigenvalue weighted by atomic mass is 10.0. The third-order valence-electron chi connectivity index (χ3n) is 2.79. The minimum absolute atomic E-state index is 0.176. The van der Waals surface area contributed by atoms with E-state index in [0.717, 1.165) is 24.0 Å². The van der Waals surface area contributed by atoms with E-state index in [0.29, 0.717) is 18.0 Å². The van der Waals surface area contributed by atoms with Crippen LogP contribution in [0.2, 0.25) is 0 Å². The van der Waals surface area contributed by atoms with E-state index in [4.69, 9.17) is 0 Å². The third-order valence-corrected chi connectivity index (χ3v) is 3.37. The Morgan fingerprint density at radius 3 is 3.13 bits per heavy atom. The van der Waals surface area contributed by atoms with E-state index in [2.05, 4.69) is 26.3 Å². The summed E-state index contributed by atoms with van der Waals surface area (Å²) in [7, 11) is 1.80. The van der Waals surface area contributed by atoms with Crippen molar-refractivity contribution in [2.45, 2.75) is 12.8 Å². The summed E-state index contributed by atoms with van der Waals surface area (Å²) in [5.74, 6) is 0.662. The van der Waals surface area contributed by atoms with Gasteiger partial charge in [0.15, 0.2) is 5.78 Å². The van der Waals surface area contributed by atoms with Crippen LogP contribution in [-0.2, 0) is 7.05 Å². The minimum atomic E-state index is 0.176. The highest BCUT2D eigenvalue weighted by Crippen LogP contribution is 2.21. The third kappa shape index (κ3) is 2.29. The maximum absolute atomic E-state index is 12.0. The van der Waals surface area contributed by atoms with Crippen LogP contribution in [0.5, 0.6) is 0 Å². The van der Waals surface area contributed by atoms with Crippen LogP contribution in [0, 0.1) is 5.92 Å².